The molecular formula is C21H26N2O4. The zero-order valence-corrected chi connectivity index (χ0v) is 16.1. The zero-order chi connectivity index (χ0) is 19.6. The van der Waals surface area contributed by atoms with E-state index >= 15 is 0 Å². The summed E-state index contributed by atoms with van der Waals surface area (Å²) in [7, 11) is 0. The number of nitrogens with zero attached hydrogens (tertiary/aromatic N) is 2. The first-order chi connectivity index (χ1) is 12.8. The molecule has 1 aromatic rings. The van der Waals surface area contributed by atoms with Gasteiger partial charge in [-0.05, 0) is 51.3 Å². The fourth-order valence-electron chi connectivity index (χ4n) is 3.89. The highest BCUT2D eigenvalue weighted by atomic mass is 16.6. The Kier molecular flexibility index (Phi) is 5.52. The third kappa shape index (κ3) is 4.67. The molecule has 2 saturated heterocycles. The predicted octanol–water partition coefficient (Wildman–Crippen LogP) is 3.08. The molecule has 0 aliphatic carbocycles. The van der Waals surface area contributed by atoms with Gasteiger partial charge in [0.15, 0.2) is 0 Å². The van der Waals surface area contributed by atoms with Crippen molar-refractivity contribution in [3.05, 3.63) is 35.4 Å². The minimum Gasteiger partial charge on any atom is -0.444 e. The number of nitriles is 1. The average molecular weight is 370 g/mol. The van der Waals surface area contributed by atoms with Gasteiger partial charge in [0.25, 0.3) is 0 Å². The van der Waals surface area contributed by atoms with Crippen LogP contribution in [0.4, 0.5) is 4.79 Å². The molecule has 2 fully saturated rings. The Bertz CT molecular complexity index is 748. The molecule has 6 nitrogen and oxygen atoms in total. The maximum atomic E-state index is 12.8. The van der Waals surface area contributed by atoms with E-state index in [-0.39, 0.29) is 29.9 Å². The quantitative estimate of drug-likeness (QED) is 0.817. The summed E-state index contributed by atoms with van der Waals surface area (Å²) >= 11 is 0. The lowest BCUT2D eigenvalue weighted by Crippen LogP contribution is -2.60. The Labute approximate surface area is 160 Å². The van der Waals surface area contributed by atoms with Gasteiger partial charge in [-0.15, -0.1) is 0 Å². The number of piperidine rings is 1. The summed E-state index contributed by atoms with van der Waals surface area (Å²) in [6, 6.07) is 9.00. The van der Waals surface area contributed by atoms with Crippen molar-refractivity contribution in [2.75, 3.05) is 13.2 Å². The van der Waals surface area contributed by atoms with Gasteiger partial charge in [0.05, 0.1) is 36.9 Å². The number of carbonyl (C=O) groups is 2. The van der Waals surface area contributed by atoms with E-state index < -0.39 is 5.60 Å². The van der Waals surface area contributed by atoms with Gasteiger partial charge in [-0.3, -0.25) is 9.69 Å². The number of hydrogen-bond acceptors (Lipinski definition) is 5. The summed E-state index contributed by atoms with van der Waals surface area (Å²) in [6.07, 6.45) is 1.17. The molecule has 2 aliphatic rings. The van der Waals surface area contributed by atoms with E-state index in [1.54, 1.807) is 23.1 Å². The second-order valence-corrected chi connectivity index (χ2v) is 8.36. The third-order valence-electron chi connectivity index (χ3n) is 5.01. The Morgan fingerprint density at radius 3 is 2.52 bits per heavy atom. The molecule has 27 heavy (non-hydrogen) atoms. The molecule has 144 valence electrons. The van der Waals surface area contributed by atoms with Crippen molar-refractivity contribution >= 4 is 11.9 Å². The number of carbonyl (C=O) groups excluding carboxylic acids is 2. The van der Waals surface area contributed by atoms with Gasteiger partial charge in [-0.1, -0.05) is 12.1 Å². The number of ether oxygens (including phenoxy) is 2. The van der Waals surface area contributed by atoms with Crippen LogP contribution < -0.4 is 0 Å². The number of amides is 1. The molecule has 6 heteroatoms. The van der Waals surface area contributed by atoms with Crippen molar-refractivity contribution < 1.29 is 19.1 Å². The van der Waals surface area contributed by atoms with Crippen LogP contribution in [-0.4, -0.2) is 47.7 Å². The Balaban J connectivity index is 1.68. The molecule has 1 aromatic carbocycles. The first-order valence-corrected chi connectivity index (χ1v) is 9.37. The van der Waals surface area contributed by atoms with Crippen molar-refractivity contribution in [2.24, 2.45) is 5.92 Å². The molecule has 0 spiro atoms. The highest BCUT2D eigenvalue weighted by Crippen LogP contribution is 2.34. The average Bonchev–Trinajstić information content (AvgIpc) is 2.59. The Hall–Kier alpha value is -2.39. The van der Waals surface area contributed by atoms with Crippen molar-refractivity contribution in [2.45, 2.75) is 57.7 Å². The summed E-state index contributed by atoms with van der Waals surface area (Å²) in [6.45, 7) is 6.42. The van der Waals surface area contributed by atoms with Crippen molar-refractivity contribution in [1.82, 2.24) is 4.90 Å². The van der Waals surface area contributed by atoms with E-state index in [9.17, 15) is 9.59 Å². The van der Waals surface area contributed by atoms with Crippen LogP contribution in [0.15, 0.2) is 24.3 Å². The largest absolute Gasteiger partial charge is 0.444 e. The van der Waals surface area contributed by atoms with E-state index in [1.807, 2.05) is 26.8 Å². The number of ketones is 1. The third-order valence-corrected chi connectivity index (χ3v) is 5.01. The Morgan fingerprint density at radius 1 is 1.26 bits per heavy atom. The van der Waals surface area contributed by atoms with E-state index in [2.05, 4.69) is 6.07 Å². The van der Waals surface area contributed by atoms with Gasteiger partial charge in [0.1, 0.15) is 11.4 Å². The zero-order valence-electron chi connectivity index (χ0n) is 16.1. The van der Waals surface area contributed by atoms with Gasteiger partial charge in [-0.25, -0.2) is 4.79 Å². The van der Waals surface area contributed by atoms with Crippen LogP contribution in [0.5, 0.6) is 0 Å². The lowest BCUT2D eigenvalue weighted by molar-refractivity contribution is -0.131. The topological polar surface area (TPSA) is 79.6 Å². The molecule has 2 heterocycles. The number of fused-ring (bicyclic) bond motifs is 2. The fraction of sp³-hybridized carbons (Fsp3) is 0.571. The van der Waals surface area contributed by atoms with Crippen LogP contribution in [0.2, 0.25) is 0 Å². The highest BCUT2D eigenvalue weighted by molar-refractivity contribution is 5.84. The molecule has 0 aromatic heterocycles. The predicted molar refractivity (Wildman–Crippen MR) is 99.1 cm³/mol. The van der Waals surface area contributed by atoms with Gasteiger partial charge in [0.2, 0.25) is 0 Å². The highest BCUT2D eigenvalue weighted by Gasteiger charge is 2.44. The maximum Gasteiger partial charge on any atom is 0.410 e. The first kappa shape index (κ1) is 19.4. The molecule has 0 saturated carbocycles. The Morgan fingerprint density at radius 2 is 1.93 bits per heavy atom. The molecule has 2 aliphatic heterocycles. The molecular weight excluding hydrogens is 344 g/mol. The molecule has 1 amide bonds. The minimum atomic E-state index is -0.551. The maximum absolute atomic E-state index is 12.8. The number of rotatable bonds is 3. The summed E-state index contributed by atoms with van der Waals surface area (Å²) in [5.41, 5.74) is 0.866. The minimum absolute atomic E-state index is 0.103. The standard InChI is InChI=1S/C21H26N2O4/c1-21(2,3)27-20(25)23-17-9-16(10-18(23)13-26-12-17)19(24)8-14-5-4-6-15(7-14)11-22/h4-7,16-18H,8-10,12-13H2,1-3H3. The smallest absolute Gasteiger partial charge is 0.410 e. The van der Waals surface area contributed by atoms with Crippen LogP contribution in [0.25, 0.3) is 0 Å². The number of benzene rings is 1. The van der Waals surface area contributed by atoms with Crippen LogP contribution in [0, 0.1) is 17.2 Å². The SMILES string of the molecule is CC(C)(C)OC(=O)N1C2COCC1CC(C(=O)Cc1cccc(C#N)c1)C2. The van der Waals surface area contributed by atoms with Gasteiger partial charge in [0, 0.05) is 12.3 Å². The number of hydrogen-bond donors (Lipinski definition) is 0. The second-order valence-electron chi connectivity index (χ2n) is 8.36. The summed E-state index contributed by atoms with van der Waals surface area (Å²) in [5, 5.41) is 9.02. The fourth-order valence-corrected chi connectivity index (χ4v) is 3.89. The molecule has 3 rings (SSSR count). The van der Waals surface area contributed by atoms with Crippen molar-refractivity contribution in [3.8, 4) is 6.07 Å². The molecule has 2 unspecified atom stereocenters. The summed E-state index contributed by atoms with van der Waals surface area (Å²) < 4.78 is 11.2. The molecule has 2 atom stereocenters. The van der Waals surface area contributed by atoms with E-state index in [1.165, 1.54) is 0 Å². The molecule has 0 N–H and O–H groups in total. The first-order valence-electron chi connectivity index (χ1n) is 9.37. The van der Waals surface area contributed by atoms with Gasteiger partial charge < -0.3 is 9.47 Å². The summed E-state index contributed by atoms with van der Waals surface area (Å²) in [5.74, 6) is 0.0548. The van der Waals surface area contributed by atoms with E-state index in [0.717, 1.165) is 5.56 Å². The second kappa shape index (κ2) is 7.69. The van der Waals surface area contributed by atoms with Crippen LogP contribution in [0.3, 0.4) is 0 Å². The normalized spacial score (nSPS) is 24.8. The van der Waals surface area contributed by atoms with Crippen molar-refractivity contribution in [1.29, 1.82) is 5.26 Å². The molecule has 0 radical (unpaired) electrons. The van der Waals surface area contributed by atoms with E-state index in [0.29, 0.717) is 38.0 Å². The van der Waals surface area contributed by atoms with E-state index in [4.69, 9.17) is 14.7 Å². The van der Waals surface area contributed by atoms with Crippen molar-refractivity contribution in [3.63, 3.8) is 0 Å². The lowest BCUT2D eigenvalue weighted by atomic mass is 9.81. The number of Topliss-reactive ketones (excluding diaryl/α,β-unsaturated/α-hetero) is 1. The molecule has 2 bridgehead atoms. The summed E-state index contributed by atoms with van der Waals surface area (Å²) in [4.78, 5) is 27.2. The van der Waals surface area contributed by atoms with Crippen LogP contribution in [-0.2, 0) is 20.7 Å². The lowest BCUT2D eigenvalue weighted by Gasteiger charge is -2.47. The van der Waals surface area contributed by atoms with Gasteiger partial charge >= 0.3 is 6.09 Å². The number of morpholine rings is 1. The monoisotopic (exact) mass is 370 g/mol. The van der Waals surface area contributed by atoms with Crippen LogP contribution in [0.1, 0.15) is 44.7 Å². The van der Waals surface area contributed by atoms with Gasteiger partial charge in [-0.2, -0.15) is 5.26 Å². The van der Waals surface area contributed by atoms with Crippen LogP contribution >= 0.6 is 0 Å².